The molecular formula is C9H8N2O3. The van der Waals surface area contributed by atoms with E-state index >= 15 is 0 Å². The van der Waals surface area contributed by atoms with Crippen LogP contribution in [0.5, 0.6) is 0 Å². The molecule has 0 amide bonds. The van der Waals surface area contributed by atoms with E-state index in [-0.39, 0.29) is 12.6 Å². The standard InChI is InChI=1S/C9H8N2O3/c12-5-10-8-6-3-1-2-4-7(6)14-9(8)11-13/h1-4,10,12H,5H2. The zero-order valence-corrected chi connectivity index (χ0v) is 7.23. The van der Waals surface area contributed by atoms with Crippen LogP contribution in [0.25, 0.3) is 11.0 Å². The molecule has 0 aliphatic rings. The van der Waals surface area contributed by atoms with Gasteiger partial charge in [-0.3, -0.25) is 0 Å². The summed E-state index contributed by atoms with van der Waals surface area (Å²) in [4.78, 5) is 10.4. The highest BCUT2D eigenvalue weighted by atomic mass is 16.4. The molecule has 0 spiro atoms. The molecule has 0 bridgehead atoms. The molecule has 0 radical (unpaired) electrons. The Morgan fingerprint density at radius 1 is 1.43 bits per heavy atom. The summed E-state index contributed by atoms with van der Waals surface area (Å²) in [6, 6.07) is 7.12. The molecule has 0 aliphatic heterocycles. The van der Waals surface area contributed by atoms with Crippen molar-refractivity contribution in [3.63, 3.8) is 0 Å². The molecule has 0 atom stereocenters. The maximum absolute atomic E-state index is 10.4. The second-order valence-corrected chi connectivity index (χ2v) is 2.70. The number of fused-ring (bicyclic) bond motifs is 1. The lowest BCUT2D eigenvalue weighted by molar-refractivity contribution is 0.325. The van der Waals surface area contributed by atoms with Gasteiger partial charge in [0.2, 0.25) is 0 Å². The number of anilines is 1. The van der Waals surface area contributed by atoms with Gasteiger partial charge in [-0.15, -0.1) is 4.91 Å². The topological polar surface area (TPSA) is 74.8 Å². The van der Waals surface area contributed by atoms with Crippen LogP contribution in [-0.4, -0.2) is 11.8 Å². The predicted octanol–water partition coefficient (Wildman–Crippen LogP) is 2.19. The van der Waals surface area contributed by atoms with Crippen molar-refractivity contribution in [2.75, 3.05) is 12.0 Å². The minimum atomic E-state index is -0.272. The van der Waals surface area contributed by atoms with Gasteiger partial charge in [0, 0.05) is 10.6 Å². The highest BCUT2D eigenvalue weighted by Gasteiger charge is 2.13. The average Bonchev–Trinajstić information content (AvgIpc) is 2.58. The van der Waals surface area contributed by atoms with E-state index in [0.29, 0.717) is 11.3 Å². The van der Waals surface area contributed by atoms with Gasteiger partial charge in [0.1, 0.15) is 18.0 Å². The van der Waals surface area contributed by atoms with Gasteiger partial charge < -0.3 is 14.8 Å². The van der Waals surface area contributed by atoms with Crippen LogP contribution in [0.15, 0.2) is 33.9 Å². The first-order valence-corrected chi connectivity index (χ1v) is 4.06. The normalized spacial score (nSPS) is 10.4. The van der Waals surface area contributed by atoms with Crippen molar-refractivity contribution < 1.29 is 9.52 Å². The Balaban J connectivity index is 2.67. The van der Waals surface area contributed by atoms with E-state index in [0.717, 1.165) is 5.39 Å². The van der Waals surface area contributed by atoms with Crippen molar-refractivity contribution in [1.29, 1.82) is 0 Å². The van der Waals surface area contributed by atoms with Gasteiger partial charge in [0.05, 0.1) is 0 Å². The van der Waals surface area contributed by atoms with Crippen LogP contribution < -0.4 is 5.32 Å². The summed E-state index contributed by atoms with van der Waals surface area (Å²) in [6.45, 7) is -0.272. The van der Waals surface area contributed by atoms with Crippen LogP contribution >= 0.6 is 0 Å². The molecule has 0 saturated carbocycles. The maximum atomic E-state index is 10.4. The van der Waals surface area contributed by atoms with Crippen LogP contribution in [-0.2, 0) is 0 Å². The van der Waals surface area contributed by atoms with Gasteiger partial charge in [0.15, 0.2) is 0 Å². The Bertz CT molecular complexity index is 464. The molecule has 72 valence electrons. The molecule has 1 aromatic carbocycles. The Labute approximate surface area is 79.3 Å². The summed E-state index contributed by atoms with van der Waals surface area (Å²) in [5.74, 6) is -0.0414. The van der Waals surface area contributed by atoms with Crippen LogP contribution in [0.4, 0.5) is 11.6 Å². The Morgan fingerprint density at radius 2 is 2.21 bits per heavy atom. The monoisotopic (exact) mass is 192 g/mol. The van der Waals surface area contributed by atoms with Crippen molar-refractivity contribution in [2.45, 2.75) is 0 Å². The molecule has 14 heavy (non-hydrogen) atoms. The minimum absolute atomic E-state index is 0.0414. The molecular weight excluding hydrogens is 184 g/mol. The lowest BCUT2D eigenvalue weighted by Crippen LogP contribution is -1.98. The van der Waals surface area contributed by atoms with Gasteiger partial charge in [-0.05, 0) is 12.1 Å². The largest absolute Gasteiger partial charge is 0.434 e. The summed E-state index contributed by atoms with van der Waals surface area (Å²) < 4.78 is 5.15. The first kappa shape index (κ1) is 8.71. The number of hydrogen-bond acceptors (Lipinski definition) is 5. The molecule has 2 rings (SSSR count). The smallest absolute Gasteiger partial charge is 0.285 e. The number of rotatable bonds is 3. The van der Waals surface area contributed by atoms with Crippen molar-refractivity contribution in [3.05, 3.63) is 29.2 Å². The molecule has 5 nitrogen and oxygen atoms in total. The molecule has 2 aromatic rings. The van der Waals surface area contributed by atoms with E-state index in [1.807, 2.05) is 6.07 Å². The Morgan fingerprint density at radius 3 is 2.93 bits per heavy atom. The highest BCUT2D eigenvalue weighted by molar-refractivity contribution is 5.96. The van der Waals surface area contributed by atoms with E-state index in [2.05, 4.69) is 10.5 Å². The summed E-state index contributed by atoms with van der Waals surface area (Å²) >= 11 is 0. The maximum Gasteiger partial charge on any atom is 0.285 e. The number of furan rings is 1. The van der Waals surface area contributed by atoms with E-state index in [9.17, 15) is 4.91 Å². The number of nitrogens with zero attached hydrogens (tertiary/aromatic N) is 1. The molecule has 0 aliphatic carbocycles. The Kier molecular flexibility index (Phi) is 2.16. The SMILES string of the molecule is O=Nc1oc2ccccc2c1NCO. The Hall–Kier alpha value is -1.88. The number of aliphatic hydroxyl groups excluding tert-OH is 1. The van der Waals surface area contributed by atoms with Crippen LogP contribution in [0.3, 0.4) is 0 Å². The van der Waals surface area contributed by atoms with Gasteiger partial charge >= 0.3 is 0 Å². The minimum Gasteiger partial charge on any atom is -0.434 e. The first-order valence-electron chi connectivity index (χ1n) is 4.06. The van der Waals surface area contributed by atoms with Gasteiger partial charge in [-0.25, -0.2) is 0 Å². The second-order valence-electron chi connectivity index (χ2n) is 2.70. The fourth-order valence-electron chi connectivity index (χ4n) is 1.35. The summed E-state index contributed by atoms with van der Waals surface area (Å²) in [5.41, 5.74) is 0.996. The number of aliphatic hydroxyl groups is 1. The number of nitroso groups, excluding NO2 is 1. The van der Waals surface area contributed by atoms with E-state index in [1.165, 1.54) is 0 Å². The summed E-state index contributed by atoms with van der Waals surface area (Å²) in [6.07, 6.45) is 0. The van der Waals surface area contributed by atoms with Crippen LogP contribution in [0.1, 0.15) is 0 Å². The van der Waals surface area contributed by atoms with Gasteiger partial charge in [-0.1, -0.05) is 12.1 Å². The lowest BCUT2D eigenvalue weighted by Gasteiger charge is -1.97. The molecule has 0 fully saturated rings. The third-order valence-electron chi connectivity index (χ3n) is 1.92. The number of para-hydroxylation sites is 1. The first-order chi connectivity index (χ1) is 6.86. The zero-order chi connectivity index (χ0) is 9.97. The van der Waals surface area contributed by atoms with Crippen molar-refractivity contribution in [2.24, 2.45) is 5.18 Å². The summed E-state index contributed by atoms with van der Waals surface area (Å²) in [5, 5.41) is 14.8. The van der Waals surface area contributed by atoms with E-state index in [4.69, 9.17) is 9.52 Å². The van der Waals surface area contributed by atoms with Gasteiger partial charge in [-0.2, -0.15) is 0 Å². The summed E-state index contributed by atoms with van der Waals surface area (Å²) in [7, 11) is 0. The highest BCUT2D eigenvalue weighted by Crippen LogP contribution is 2.36. The molecule has 1 heterocycles. The van der Waals surface area contributed by atoms with Crippen molar-refractivity contribution >= 4 is 22.5 Å². The third-order valence-corrected chi connectivity index (χ3v) is 1.92. The predicted molar refractivity (Wildman–Crippen MR) is 52.4 cm³/mol. The lowest BCUT2D eigenvalue weighted by atomic mass is 10.2. The van der Waals surface area contributed by atoms with Crippen LogP contribution in [0, 0.1) is 4.91 Å². The quantitative estimate of drug-likeness (QED) is 0.577. The van der Waals surface area contributed by atoms with Gasteiger partial charge in [0.25, 0.3) is 5.88 Å². The third kappa shape index (κ3) is 1.23. The molecule has 1 aromatic heterocycles. The van der Waals surface area contributed by atoms with E-state index < -0.39 is 0 Å². The average molecular weight is 192 g/mol. The fourth-order valence-corrected chi connectivity index (χ4v) is 1.35. The fraction of sp³-hybridized carbons (Fsp3) is 0.111. The molecule has 0 unspecified atom stereocenters. The molecule has 5 heteroatoms. The molecule has 0 saturated heterocycles. The van der Waals surface area contributed by atoms with Crippen molar-refractivity contribution in [3.8, 4) is 0 Å². The van der Waals surface area contributed by atoms with E-state index in [1.54, 1.807) is 18.2 Å². The van der Waals surface area contributed by atoms with Crippen LogP contribution in [0.2, 0.25) is 0 Å². The molecule has 2 N–H and O–H groups in total. The number of benzene rings is 1. The van der Waals surface area contributed by atoms with Crippen molar-refractivity contribution in [1.82, 2.24) is 0 Å². The number of hydrogen-bond donors (Lipinski definition) is 2. The zero-order valence-electron chi connectivity index (χ0n) is 7.23. The second kappa shape index (κ2) is 3.47. The number of nitrogens with one attached hydrogen (secondary N) is 1.